The van der Waals surface area contributed by atoms with Gasteiger partial charge in [-0.25, -0.2) is 4.98 Å². The van der Waals surface area contributed by atoms with Crippen LogP contribution in [0.1, 0.15) is 11.3 Å². The van der Waals surface area contributed by atoms with Gasteiger partial charge in [0, 0.05) is 23.0 Å². The lowest BCUT2D eigenvalue weighted by Crippen LogP contribution is -2.16. The molecule has 1 aliphatic heterocycles. The van der Waals surface area contributed by atoms with Crippen LogP contribution in [-0.2, 0) is 12.8 Å². The van der Waals surface area contributed by atoms with Crippen molar-refractivity contribution in [3.63, 3.8) is 0 Å². The van der Waals surface area contributed by atoms with Crippen LogP contribution in [0, 0.1) is 0 Å². The van der Waals surface area contributed by atoms with Crippen molar-refractivity contribution in [2.75, 3.05) is 25.5 Å². The number of rotatable bonds is 3. The quantitative estimate of drug-likeness (QED) is 0.892. The first-order valence-electron chi connectivity index (χ1n) is 6.94. The summed E-state index contributed by atoms with van der Waals surface area (Å²) in [7, 11) is 1.66. The molecule has 2 N–H and O–H groups in total. The molecule has 5 nitrogen and oxygen atoms in total. The summed E-state index contributed by atoms with van der Waals surface area (Å²) in [5, 5.41) is 6.62. The van der Waals surface area contributed by atoms with Gasteiger partial charge in [0.2, 0.25) is 11.8 Å². The number of hydrogen-bond acceptors (Lipinski definition) is 5. The monoisotopic (exact) mass is 348 g/mol. The van der Waals surface area contributed by atoms with E-state index in [0.717, 1.165) is 47.3 Å². The molecule has 2 aromatic rings. The Kier molecular flexibility index (Phi) is 4.36. The van der Waals surface area contributed by atoms with Gasteiger partial charge < -0.3 is 15.4 Å². The molecule has 0 bridgehead atoms. The van der Waals surface area contributed by atoms with Crippen molar-refractivity contribution in [3.8, 4) is 5.88 Å². The summed E-state index contributed by atoms with van der Waals surface area (Å²) in [6.45, 7) is 1.87. The number of methoxy groups -OCH3 is 1. The molecule has 0 unspecified atom stereocenters. The second-order valence-electron chi connectivity index (χ2n) is 4.84. The Morgan fingerprint density at radius 3 is 2.81 bits per heavy atom. The number of benzene rings is 1. The van der Waals surface area contributed by atoms with Crippen LogP contribution in [0.3, 0.4) is 0 Å². The number of nitrogens with zero attached hydrogens (tertiary/aromatic N) is 2. The van der Waals surface area contributed by atoms with Crippen molar-refractivity contribution < 1.29 is 4.74 Å². The maximum Gasteiger partial charge on any atom is 0.230 e. The topological polar surface area (TPSA) is 59.1 Å². The minimum atomic E-state index is 0.569. The van der Waals surface area contributed by atoms with Gasteiger partial charge in [-0.1, -0.05) is 12.1 Å². The van der Waals surface area contributed by atoms with Crippen LogP contribution in [0.15, 0.2) is 28.7 Å². The van der Waals surface area contributed by atoms with Crippen LogP contribution in [0.5, 0.6) is 5.88 Å². The number of hydrogen-bond donors (Lipinski definition) is 2. The Bertz CT molecular complexity index is 648. The number of nitrogens with one attached hydrogen (secondary N) is 2. The zero-order valence-corrected chi connectivity index (χ0v) is 13.4. The minimum Gasteiger partial charge on any atom is -0.481 e. The van der Waals surface area contributed by atoms with Gasteiger partial charge in [0.05, 0.1) is 18.5 Å². The van der Waals surface area contributed by atoms with E-state index >= 15 is 0 Å². The lowest BCUT2D eigenvalue weighted by Gasteiger charge is -2.13. The molecule has 0 amide bonds. The summed E-state index contributed by atoms with van der Waals surface area (Å²) in [6.07, 6.45) is 1.78. The third kappa shape index (κ3) is 3.16. The van der Waals surface area contributed by atoms with Crippen molar-refractivity contribution >= 4 is 27.6 Å². The fraction of sp³-hybridized carbons (Fsp3) is 0.333. The van der Waals surface area contributed by atoms with Gasteiger partial charge >= 0.3 is 0 Å². The van der Waals surface area contributed by atoms with E-state index in [1.54, 1.807) is 7.11 Å². The first-order chi connectivity index (χ1) is 10.3. The maximum absolute atomic E-state index is 5.45. The summed E-state index contributed by atoms with van der Waals surface area (Å²) < 4.78 is 6.42. The predicted octanol–water partition coefficient (Wildman–Crippen LogP) is 2.68. The third-order valence-corrected chi connectivity index (χ3v) is 4.15. The normalized spacial score (nSPS) is 14.2. The molecule has 0 radical (unpaired) electrons. The molecule has 0 fully saturated rings. The van der Waals surface area contributed by atoms with E-state index in [4.69, 9.17) is 4.74 Å². The molecule has 3 rings (SSSR count). The summed E-state index contributed by atoms with van der Waals surface area (Å²) >= 11 is 3.52. The van der Waals surface area contributed by atoms with E-state index in [1.165, 1.54) is 0 Å². The lowest BCUT2D eigenvalue weighted by atomic mass is 10.1. The van der Waals surface area contributed by atoms with Crippen LogP contribution < -0.4 is 15.4 Å². The highest BCUT2D eigenvalue weighted by Crippen LogP contribution is 2.27. The van der Waals surface area contributed by atoms with E-state index in [-0.39, 0.29) is 0 Å². The molecule has 1 aliphatic rings. The molecule has 0 atom stereocenters. The molecule has 110 valence electrons. The molecule has 21 heavy (non-hydrogen) atoms. The third-order valence-electron chi connectivity index (χ3n) is 3.46. The molecular formula is C15H17BrN4O. The summed E-state index contributed by atoms with van der Waals surface area (Å²) in [5.74, 6) is 1.23. The second kappa shape index (κ2) is 6.41. The predicted molar refractivity (Wildman–Crippen MR) is 86.3 cm³/mol. The number of aromatic nitrogens is 2. The van der Waals surface area contributed by atoms with Crippen molar-refractivity contribution in [1.82, 2.24) is 15.3 Å². The van der Waals surface area contributed by atoms with E-state index in [1.807, 2.05) is 24.3 Å². The largest absolute Gasteiger partial charge is 0.481 e. The average molecular weight is 349 g/mol. The van der Waals surface area contributed by atoms with E-state index in [0.29, 0.717) is 11.8 Å². The highest BCUT2D eigenvalue weighted by molar-refractivity contribution is 9.10. The van der Waals surface area contributed by atoms with Crippen molar-refractivity contribution in [2.45, 2.75) is 12.8 Å². The highest BCUT2D eigenvalue weighted by atomic mass is 79.9. The van der Waals surface area contributed by atoms with Crippen LogP contribution in [0.2, 0.25) is 0 Å². The average Bonchev–Trinajstić information content (AvgIpc) is 2.74. The molecule has 0 spiro atoms. The Hall–Kier alpha value is -1.66. The summed E-state index contributed by atoms with van der Waals surface area (Å²) in [4.78, 5) is 9.14. The van der Waals surface area contributed by atoms with Gasteiger partial charge in [-0.2, -0.15) is 4.98 Å². The number of fused-ring (bicyclic) bond motifs is 1. The van der Waals surface area contributed by atoms with Crippen LogP contribution in [0.4, 0.5) is 11.6 Å². The van der Waals surface area contributed by atoms with Gasteiger partial charge in [0.15, 0.2) is 0 Å². The first kappa shape index (κ1) is 14.3. The molecule has 6 heteroatoms. The van der Waals surface area contributed by atoms with E-state index in [9.17, 15) is 0 Å². The van der Waals surface area contributed by atoms with Gasteiger partial charge in [-0.05, 0) is 41.0 Å². The van der Waals surface area contributed by atoms with Crippen molar-refractivity contribution in [3.05, 3.63) is 40.0 Å². The lowest BCUT2D eigenvalue weighted by molar-refractivity contribution is 0.391. The number of anilines is 2. The molecule has 0 aliphatic carbocycles. The van der Waals surface area contributed by atoms with E-state index < -0.39 is 0 Å². The molecule has 2 heterocycles. The Morgan fingerprint density at radius 2 is 2.00 bits per heavy atom. The van der Waals surface area contributed by atoms with Gasteiger partial charge in [0.25, 0.3) is 0 Å². The fourth-order valence-electron chi connectivity index (χ4n) is 2.42. The Balaban J connectivity index is 1.96. The summed E-state index contributed by atoms with van der Waals surface area (Å²) in [6, 6.07) is 7.90. The molecule has 1 aromatic heterocycles. The number of halogens is 1. The molecule has 0 saturated heterocycles. The molecule has 0 saturated carbocycles. The zero-order chi connectivity index (χ0) is 14.7. The summed E-state index contributed by atoms with van der Waals surface area (Å²) in [5.41, 5.74) is 3.10. The standard InChI is InChI=1S/C15H17BrN4O/c1-21-14-10-6-8-17-9-7-12(10)18-15(20-14)19-13-5-3-2-4-11(13)16/h2-5,17H,6-9H2,1H3,(H,18,19,20). The maximum atomic E-state index is 5.45. The SMILES string of the molecule is COc1nc(Nc2ccccc2Br)nc2c1CCNCC2. The van der Waals surface area contributed by atoms with E-state index in [2.05, 4.69) is 36.5 Å². The van der Waals surface area contributed by atoms with Gasteiger partial charge in [0.1, 0.15) is 0 Å². The molecule has 1 aromatic carbocycles. The minimum absolute atomic E-state index is 0.569. The van der Waals surface area contributed by atoms with Gasteiger partial charge in [-0.3, -0.25) is 0 Å². The smallest absolute Gasteiger partial charge is 0.230 e. The first-order valence-corrected chi connectivity index (χ1v) is 7.73. The number of ether oxygens (including phenoxy) is 1. The fourth-order valence-corrected chi connectivity index (χ4v) is 2.80. The van der Waals surface area contributed by atoms with Crippen molar-refractivity contribution in [1.29, 1.82) is 0 Å². The Labute approximate surface area is 132 Å². The number of para-hydroxylation sites is 1. The molecular weight excluding hydrogens is 332 g/mol. The second-order valence-corrected chi connectivity index (χ2v) is 5.69. The highest BCUT2D eigenvalue weighted by Gasteiger charge is 2.17. The van der Waals surface area contributed by atoms with Crippen LogP contribution in [-0.4, -0.2) is 30.2 Å². The van der Waals surface area contributed by atoms with Crippen LogP contribution >= 0.6 is 15.9 Å². The van der Waals surface area contributed by atoms with Gasteiger partial charge in [-0.15, -0.1) is 0 Å². The van der Waals surface area contributed by atoms with Crippen LogP contribution in [0.25, 0.3) is 0 Å². The zero-order valence-electron chi connectivity index (χ0n) is 11.8. The Morgan fingerprint density at radius 1 is 1.19 bits per heavy atom. The van der Waals surface area contributed by atoms with Crippen molar-refractivity contribution in [2.24, 2.45) is 0 Å².